The molecule has 2 rings (SSSR count). The molecule has 0 N–H and O–H groups in total. The fraction of sp³-hybridized carbons (Fsp3) is 0.286. The molecule has 0 spiro atoms. The Morgan fingerprint density at radius 3 is 2.42 bits per heavy atom. The first kappa shape index (κ1) is 13.1. The molecule has 0 aliphatic carbocycles. The molecule has 0 radical (unpaired) electrons. The van der Waals surface area contributed by atoms with Gasteiger partial charge in [0.2, 0.25) is 0 Å². The zero-order chi connectivity index (χ0) is 13.9. The van der Waals surface area contributed by atoms with Crippen LogP contribution in [0.2, 0.25) is 0 Å². The van der Waals surface area contributed by atoms with Crippen LogP contribution in [0.25, 0.3) is 5.69 Å². The molecule has 0 aliphatic rings. The van der Waals surface area contributed by atoms with Gasteiger partial charge in [-0.1, -0.05) is 0 Å². The Kier molecular flexibility index (Phi) is 3.55. The molecule has 5 nitrogen and oxygen atoms in total. The van der Waals surface area contributed by atoms with Gasteiger partial charge in [-0.2, -0.15) is 5.10 Å². The van der Waals surface area contributed by atoms with Gasteiger partial charge in [0.05, 0.1) is 5.69 Å². The van der Waals surface area contributed by atoms with Crippen LogP contribution >= 0.6 is 0 Å². The van der Waals surface area contributed by atoms with Gasteiger partial charge in [-0.15, -0.1) is 0 Å². The van der Waals surface area contributed by atoms with Crippen molar-refractivity contribution in [2.24, 2.45) is 0 Å². The predicted octanol–water partition coefficient (Wildman–Crippen LogP) is 3.19. The van der Waals surface area contributed by atoms with E-state index in [4.69, 9.17) is 9.47 Å². The standard InChI is InChI=1S/C14H16N2O3/c1-14(2,3)19-13(17)18-12-7-5-11(6-8-12)16-10-4-9-15-16/h4-10H,1-3H3. The second-order valence-corrected chi connectivity index (χ2v) is 5.01. The van der Waals surface area contributed by atoms with Crippen LogP contribution in [0.1, 0.15) is 20.8 Å². The Bertz CT molecular complexity index is 539. The maximum atomic E-state index is 11.5. The first-order valence-electron chi connectivity index (χ1n) is 5.95. The van der Waals surface area contributed by atoms with Gasteiger partial charge in [-0.05, 0) is 51.1 Å². The number of aromatic nitrogens is 2. The molecule has 0 bridgehead atoms. The highest BCUT2D eigenvalue weighted by molar-refractivity contribution is 5.64. The van der Waals surface area contributed by atoms with E-state index in [2.05, 4.69) is 5.10 Å². The lowest BCUT2D eigenvalue weighted by molar-refractivity contribution is 0.0206. The molecular weight excluding hydrogens is 244 g/mol. The predicted molar refractivity (Wildman–Crippen MR) is 70.4 cm³/mol. The van der Waals surface area contributed by atoms with E-state index < -0.39 is 11.8 Å². The summed E-state index contributed by atoms with van der Waals surface area (Å²) in [7, 11) is 0. The average molecular weight is 260 g/mol. The number of rotatable bonds is 2. The zero-order valence-corrected chi connectivity index (χ0v) is 11.2. The summed E-state index contributed by atoms with van der Waals surface area (Å²) in [6, 6.07) is 8.85. The van der Waals surface area contributed by atoms with Crippen LogP contribution in [-0.4, -0.2) is 21.5 Å². The van der Waals surface area contributed by atoms with Gasteiger partial charge in [-0.3, -0.25) is 0 Å². The molecule has 0 unspecified atom stereocenters. The molecule has 0 amide bonds. The molecule has 0 fully saturated rings. The molecule has 1 aromatic carbocycles. The zero-order valence-electron chi connectivity index (χ0n) is 11.2. The molecule has 1 aromatic heterocycles. The van der Waals surface area contributed by atoms with E-state index in [1.54, 1.807) is 43.8 Å². The number of ether oxygens (including phenoxy) is 2. The summed E-state index contributed by atoms with van der Waals surface area (Å²) in [5, 5.41) is 4.11. The van der Waals surface area contributed by atoms with E-state index in [-0.39, 0.29) is 0 Å². The van der Waals surface area contributed by atoms with Crippen LogP contribution in [0.5, 0.6) is 5.75 Å². The van der Waals surface area contributed by atoms with Gasteiger partial charge < -0.3 is 9.47 Å². The first-order valence-corrected chi connectivity index (χ1v) is 5.95. The summed E-state index contributed by atoms with van der Waals surface area (Å²) in [6.07, 6.45) is 2.83. The summed E-state index contributed by atoms with van der Waals surface area (Å²) in [5.41, 5.74) is 0.327. The van der Waals surface area contributed by atoms with Crippen molar-refractivity contribution in [2.75, 3.05) is 0 Å². The largest absolute Gasteiger partial charge is 0.514 e. The summed E-state index contributed by atoms with van der Waals surface area (Å²) < 4.78 is 11.9. The number of carbonyl (C=O) groups excluding carboxylic acids is 1. The van der Waals surface area contributed by atoms with Gasteiger partial charge in [0.15, 0.2) is 0 Å². The maximum Gasteiger partial charge on any atom is 0.514 e. The molecule has 19 heavy (non-hydrogen) atoms. The smallest absolute Gasteiger partial charge is 0.428 e. The third-order valence-electron chi connectivity index (χ3n) is 2.20. The van der Waals surface area contributed by atoms with E-state index >= 15 is 0 Å². The molecule has 100 valence electrons. The number of hydrogen-bond acceptors (Lipinski definition) is 4. The van der Waals surface area contributed by atoms with Crippen molar-refractivity contribution < 1.29 is 14.3 Å². The average Bonchev–Trinajstić information content (AvgIpc) is 2.80. The Morgan fingerprint density at radius 1 is 1.21 bits per heavy atom. The van der Waals surface area contributed by atoms with Crippen molar-refractivity contribution in [3.63, 3.8) is 0 Å². The van der Waals surface area contributed by atoms with Crippen LogP contribution in [-0.2, 0) is 4.74 Å². The summed E-state index contributed by atoms with van der Waals surface area (Å²) in [4.78, 5) is 11.5. The number of nitrogens with zero attached hydrogens (tertiary/aromatic N) is 2. The first-order chi connectivity index (χ1) is 8.94. The van der Waals surface area contributed by atoms with Gasteiger partial charge in [0.1, 0.15) is 11.4 Å². The van der Waals surface area contributed by atoms with Crippen LogP contribution in [0.15, 0.2) is 42.7 Å². The second kappa shape index (κ2) is 5.14. The van der Waals surface area contributed by atoms with E-state index in [0.29, 0.717) is 5.75 Å². The number of benzene rings is 1. The van der Waals surface area contributed by atoms with Crippen LogP contribution < -0.4 is 4.74 Å². The monoisotopic (exact) mass is 260 g/mol. The van der Waals surface area contributed by atoms with E-state index in [0.717, 1.165) is 5.69 Å². The molecule has 0 atom stereocenters. The van der Waals surface area contributed by atoms with Crippen molar-refractivity contribution in [3.05, 3.63) is 42.7 Å². The van der Waals surface area contributed by atoms with Crippen molar-refractivity contribution in [1.29, 1.82) is 0 Å². The highest BCUT2D eigenvalue weighted by Gasteiger charge is 2.17. The topological polar surface area (TPSA) is 53.4 Å². The van der Waals surface area contributed by atoms with Crippen LogP contribution in [0.4, 0.5) is 4.79 Å². The van der Waals surface area contributed by atoms with Crippen molar-refractivity contribution >= 4 is 6.16 Å². The quantitative estimate of drug-likeness (QED) is 0.614. The van der Waals surface area contributed by atoms with Crippen molar-refractivity contribution in [2.45, 2.75) is 26.4 Å². The lowest BCUT2D eigenvalue weighted by Gasteiger charge is -2.18. The molecule has 2 aromatic rings. The molecule has 5 heteroatoms. The Balaban J connectivity index is 2.01. The summed E-state index contributed by atoms with van der Waals surface area (Å²) in [6.45, 7) is 5.36. The SMILES string of the molecule is CC(C)(C)OC(=O)Oc1ccc(-n2cccn2)cc1. The molecular formula is C14H16N2O3. The minimum absolute atomic E-state index is 0.435. The van der Waals surface area contributed by atoms with Crippen LogP contribution in [0.3, 0.4) is 0 Å². The van der Waals surface area contributed by atoms with Crippen molar-refractivity contribution in [3.8, 4) is 11.4 Å². The Morgan fingerprint density at radius 2 is 1.89 bits per heavy atom. The number of hydrogen-bond donors (Lipinski definition) is 0. The Labute approximate surface area is 111 Å². The third-order valence-corrected chi connectivity index (χ3v) is 2.20. The van der Waals surface area contributed by atoms with Gasteiger partial charge >= 0.3 is 6.16 Å². The maximum absolute atomic E-state index is 11.5. The fourth-order valence-electron chi connectivity index (χ4n) is 1.46. The molecule has 0 saturated heterocycles. The fourth-order valence-corrected chi connectivity index (χ4v) is 1.46. The number of carbonyl (C=O) groups is 1. The van der Waals surface area contributed by atoms with Gasteiger partial charge in [0, 0.05) is 12.4 Å². The highest BCUT2D eigenvalue weighted by atomic mass is 16.7. The molecule has 0 aliphatic heterocycles. The van der Waals surface area contributed by atoms with Crippen molar-refractivity contribution in [1.82, 2.24) is 9.78 Å². The van der Waals surface area contributed by atoms with Gasteiger partial charge in [0.25, 0.3) is 0 Å². The summed E-state index contributed by atoms with van der Waals surface area (Å²) >= 11 is 0. The van der Waals surface area contributed by atoms with Gasteiger partial charge in [-0.25, -0.2) is 9.48 Å². The Hall–Kier alpha value is -2.30. The lowest BCUT2D eigenvalue weighted by Crippen LogP contribution is -2.25. The van der Waals surface area contributed by atoms with E-state index in [1.165, 1.54) is 0 Å². The van der Waals surface area contributed by atoms with Crippen LogP contribution in [0, 0.1) is 0 Å². The minimum Gasteiger partial charge on any atom is -0.428 e. The third kappa shape index (κ3) is 3.84. The molecule has 0 saturated carbocycles. The molecule has 1 heterocycles. The lowest BCUT2D eigenvalue weighted by atomic mass is 10.2. The summed E-state index contributed by atoms with van der Waals surface area (Å²) in [5.74, 6) is 0.435. The van der Waals surface area contributed by atoms with E-state index in [1.807, 2.05) is 24.4 Å². The highest BCUT2D eigenvalue weighted by Crippen LogP contribution is 2.16. The normalized spacial score (nSPS) is 11.1. The van der Waals surface area contributed by atoms with E-state index in [9.17, 15) is 4.79 Å². The minimum atomic E-state index is -0.709. The second-order valence-electron chi connectivity index (χ2n) is 5.01.